The highest BCUT2D eigenvalue weighted by atomic mass is 16.2. The molecule has 24 heavy (non-hydrogen) atoms. The lowest BCUT2D eigenvalue weighted by Crippen LogP contribution is -2.40. The number of nitrogens with zero attached hydrogens (tertiary/aromatic N) is 3. The molecule has 0 aromatic heterocycles. The van der Waals surface area contributed by atoms with Crippen LogP contribution in [-0.2, 0) is 0 Å². The molecule has 0 saturated carbocycles. The van der Waals surface area contributed by atoms with E-state index in [4.69, 9.17) is 10.8 Å². The summed E-state index contributed by atoms with van der Waals surface area (Å²) in [7, 11) is 0. The fraction of sp³-hybridized carbons (Fsp3) is 0.235. The predicted molar refractivity (Wildman–Crippen MR) is 95.8 cm³/mol. The first-order valence-corrected chi connectivity index (χ1v) is 7.70. The van der Waals surface area contributed by atoms with E-state index in [1.165, 1.54) is 0 Å². The number of nitrogens with two attached hydrogens (primary N) is 1. The Hall–Kier alpha value is -3.09. The molecule has 2 aliphatic heterocycles. The van der Waals surface area contributed by atoms with E-state index in [1.807, 2.05) is 55.4 Å². The average Bonchev–Trinajstić information content (AvgIpc) is 2.58. The minimum Gasteiger partial charge on any atom is -0.370 e. The maximum Gasteiger partial charge on any atom is 0.316 e. The number of hydrogen-bond acceptors (Lipinski definition) is 5. The number of aliphatic imine (C=N–C) groups is 1. The van der Waals surface area contributed by atoms with Crippen LogP contribution in [0.5, 0.6) is 0 Å². The van der Waals surface area contributed by atoms with Crippen molar-refractivity contribution < 1.29 is 4.79 Å². The zero-order valence-corrected chi connectivity index (χ0v) is 13.7. The van der Waals surface area contributed by atoms with Gasteiger partial charge in [-0.1, -0.05) is 18.2 Å². The van der Waals surface area contributed by atoms with Gasteiger partial charge in [-0.2, -0.15) is 5.10 Å². The third kappa shape index (κ3) is 3.29. The number of amidine groups is 1. The van der Waals surface area contributed by atoms with E-state index in [-0.39, 0.29) is 0 Å². The first-order valence-electron chi connectivity index (χ1n) is 7.70. The summed E-state index contributed by atoms with van der Waals surface area (Å²) in [5.41, 5.74) is 9.64. The molecule has 1 aromatic rings. The number of carbonyl (C=O) groups is 1. The van der Waals surface area contributed by atoms with Crippen LogP contribution in [0, 0.1) is 0 Å². The van der Waals surface area contributed by atoms with Crippen LogP contribution >= 0.6 is 0 Å². The molecular weight excluding hydrogens is 304 g/mol. The van der Waals surface area contributed by atoms with Gasteiger partial charge >= 0.3 is 6.03 Å². The third-order valence-corrected chi connectivity index (χ3v) is 3.92. The number of para-hydroxylation sites is 1. The van der Waals surface area contributed by atoms with E-state index in [0.717, 1.165) is 34.1 Å². The van der Waals surface area contributed by atoms with Crippen LogP contribution in [0.3, 0.4) is 0 Å². The minimum absolute atomic E-state index is 0.450. The number of hydrogen-bond donors (Lipinski definition) is 3. The Morgan fingerprint density at radius 1 is 1.29 bits per heavy atom. The van der Waals surface area contributed by atoms with Gasteiger partial charge in [0.2, 0.25) is 0 Å². The maximum atomic E-state index is 11.4. The highest BCUT2D eigenvalue weighted by Gasteiger charge is 2.24. The number of benzene rings is 1. The summed E-state index contributed by atoms with van der Waals surface area (Å²) in [5, 5.41) is 12.5. The first-order chi connectivity index (χ1) is 11.5. The molecule has 0 aliphatic carbocycles. The van der Waals surface area contributed by atoms with Crippen LogP contribution in [0.15, 0.2) is 63.5 Å². The van der Waals surface area contributed by atoms with Gasteiger partial charge in [-0.05, 0) is 31.6 Å². The quantitative estimate of drug-likeness (QED) is 0.790. The normalized spacial score (nSPS) is 17.6. The summed E-state index contributed by atoms with van der Waals surface area (Å²) in [6, 6.07) is 9.21. The van der Waals surface area contributed by atoms with Crippen molar-refractivity contribution in [3.05, 3.63) is 53.4 Å². The topological polar surface area (TPSA) is 95.1 Å². The van der Waals surface area contributed by atoms with Crippen molar-refractivity contribution >= 4 is 23.3 Å². The number of amides is 2. The number of carbonyl (C=O) groups excluding carboxylic acids is 1. The van der Waals surface area contributed by atoms with Gasteiger partial charge in [-0.25, -0.2) is 9.79 Å². The summed E-state index contributed by atoms with van der Waals surface area (Å²) in [5.74, 6) is 0.868. The molecule has 0 bridgehead atoms. The van der Waals surface area contributed by atoms with E-state index >= 15 is 0 Å². The standard InChI is InChI=1S/C17H20N6O/c1-11-15(21-17(18)24)10-23(14-6-4-3-5-7-14)22-16(11)13-8-19-12(2)20-9-13/h3-8H,9-10H2,1-2H3,(H,19,20)(H3,18,21,24). The van der Waals surface area contributed by atoms with Crippen LogP contribution in [0.25, 0.3) is 0 Å². The molecule has 2 amide bonds. The summed E-state index contributed by atoms with van der Waals surface area (Å²) < 4.78 is 0. The molecule has 2 aliphatic rings. The van der Waals surface area contributed by atoms with Gasteiger partial charge in [-0.3, -0.25) is 5.01 Å². The minimum atomic E-state index is -0.580. The molecule has 0 saturated heterocycles. The Kier molecular flexibility index (Phi) is 4.33. The van der Waals surface area contributed by atoms with Crippen molar-refractivity contribution in [3.8, 4) is 0 Å². The average molecular weight is 324 g/mol. The Bertz CT molecular complexity index is 776. The molecule has 0 fully saturated rings. The SMILES string of the molecule is CC1=NC=C(C2=NN(c3ccccc3)CC(NC(N)=O)=C2C)CN1. The van der Waals surface area contributed by atoms with Gasteiger partial charge in [0.1, 0.15) is 0 Å². The molecule has 3 rings (SSSR count). The van der Waals surface area contributed by atoms with Crippen LogP contribution in [0.1, 0.15) is 13.8 Å². The molecule has 0 atom stereocenters. The zero-order valence-electron chi connectivity index (χ0n) is 13.7. The molecule has 1 aromatic carbocycles. The van der Waals surface area contributed by atoms with Crippen molar-refractivity contribution in [1.82, 2.24) is 10.6 Å². The van der Waals surface area contributed by atoms with Crippen LogP contribution in [0.2, 0.25) is 0 Å². The summed E-state index contributed by atoms with van der Waals surface area (Å²) in [6.07, 6.45) is 1.81. The first kappa shape index (κ1) is 15.8. The van der Waals surface area contributed by atoms with Crippen molar-refractivity contribution in [1.29, 1.82) is 0 Å². The Morgan fingerprint density at radius 2 is 2.04 bits per heavy atom. The molecule has 4 N–H and O–H groups in total. The largest absolute Gasteiger partial charge is 0.370 e. The van der Waals surface area contributed by atoms with Crippen molar-refractivity contribution in [2.75, 3.05) is 18.1 Å². The van der Waals surface area contributed by atoms with Gasteiger partial charge < -0.3 is 16.4 Å². The van der Waals surface area contributed by atoms with Gasteiger partial charge in [-0.15, -0.1) is 0 Å². The number of primary amides is 1. The van der Waals surface area contributed by atoms with Crippen molar-refractivity contribution in [2.45, 2.75) is 13.8 Å². The Labute approximate surface area is 140 Å². The van der Waals surface area contributed by atoms with Gasteiger partial charge in [0.05, 0.1) is 23.8 Å². The zero-order chi connectivity index (χ0) is 17.1. The monoisotopic (exact) mass is 324 g/mol. The number of rotatable bonds is 3. The smallest absolute Gasteiger partial charge is 0.316 e. The second-order valence-electron chi connectivity index (χ2n) is 5.66. The maximum absolute atomic E-state index is 11.4. The molecular formula is C17H20N6O. The highest BCUT2D eigenvalue weighted by Crippen LogP contribution is 2.24. The van der Waals surface area contributed by atoms with Crippen LogP contribution in [-0.4, -0.2) is 30.7 Å². The highest BCUT2D eigenvalue weighted by molar-refractivity contribution is 6.14. The van der Waals surface area contributed by atoms with E-state index in [1.54, 1.807) is 0 Å². The number of allylic oxidation sites excluding steroid dienone is 1. The second-order valence-corrected chi connectivity index (χ2v) is 5.66. The predicted octanol–water partition coefficient (Wildman–Crippen LogP) is 1.71. The van der Waals surface area contributed by atoms with Crippen molar-refractivity contribution in [3.63, 3.8) is 0 Å². The van der Waals surface area contributed by atoms with Crippen LogP contribution < -0.4 is 21.4 Å². The van der Waals surface area contributed by atoms with Gasteiger partial charge in [0.25, 0.3) is 0 Å². The Balaban J connectivity index is 2.02. The molecule has 0 radical (unpaired) electrons. The van der Waals surface area contributed by atoms with Gasteiger partial charge in [0.15, 0.2) is 0 Å². The van der Waals surface area contributed by atoms with E-state index in [2.05, 4.69) is 15.6 Å². The summed E-state index contributed by atoms with van der Waals surface area (Å²) >= 11 is 0. The summed E-state index contributed by atoms with van der Waals surface area (Å²) in [4.78, 5) is 15.7. The van der Waals surface area contributed by atoms with E-state index in [0.29, 0.717) is 13.1 Å². The van der Waals surface area contributed by atoms with Crippen molar-refractivity contribution in [2.24, 2.45) is 15.8 Å². The lowest BCUT2D eigenvalue weighted by Gasteiger charge is -2.30. The molecule has 2 heterocycles. The lowest BCUT2D eigenvalue weighted by atomic mass is 10.0. The summed E-state index contributed by atoms with van der Waals surface area (Å²) in [6.45, 7) is 4.93. The molecule has 124 valence electrons. The molecule has 7 nitrogen and oxygen atoms in total. The lowest BCUT2D eigenvalue weighted by molar-refractivity contribution is 0.251. The number of hydrazone groups is 1. The molecule has 0 spiro atoms. The third-order valence-electron chi connectivity index (χ3n) is 3.92. The number of nitrogens with one attached hydrogen (secondary N) is 2. The number of urea groups is 1. The van der Waals surface area contributed by atoms with Crippen LogP contribution in [0.4, 0.5) is 10.5 Å². The number of anilines is 1. The van der Waals surface area contributed by atoms with E-state index in [9.17, 15) is 4.79 Å². The Morgan fingerprint density at radius 3 is 2.67 bits per heavy atom. The second kappa shape index (κ2) is 6.57. The fourth-order valence-electron chi connectivity index (χ4n) is 2.61. The van der Waals surface area contributed by atoms with Gasteiger partial charge in [0, 0.05) is 24.0 Å². The molecule has 0 unspecified atom stereocenters. The molecule has 7 heteroatoms. The van der Waals surface area contributed by atoms with E-state index < -0.39 is 6.03 Å². The fourth-order valence-corrected chi connectivity index (χ4v) is 2.61.